The van der Waals surface area contributed by atoms with Crippen LogP contribution in [0.2, 0.25) is 0 Å². The van der Waals surface area contributed by atoms with Crippen molar-refractivity contribution in [1.82, 2.24) is 9.78 Å². The van der Waals surface area contributed by atoms with Crippen molar-refractivity contribution in [3.8, 4) is 22.6 Å². The topological polar surface area (TPSA) is 62.3 Å². The minimum atomic E-state index is 0.606. The molecule has 0 saturated carbocycles. The van der Waals surface area contributed by atoms with Gasteiger partial charge in [-0.3, -0.25) is 4.68 Å². The van der Waals surface area contributed by atoms with Crippen LogP contribution in [0, 0.1) is 13.8 Å². The molecule has 0 aliphatic heterocycles. The Balaban J connectivity index is 2.81. The summed E-state index contributed by atoms with van der Waals surface area (Å²) in [5.74, 6) is 1.99. The molecule has 2 rings (SSSR count). The Morgan fingerprint density at radius 3 is 2.37 bits per heavy atom. The summed E-state index contributed by atoms with van der Waals surface area (Å²) in [6.45, 7) is 4.08. The van der Waals surface area contributed by atoms with Gasteiger partial charge in [-0.1, -0.05) is 0 Å². The van der Waals surface area contributed by atoms with Crippen molar-refractivity contribution in [3.63, 3.8) is 0 Å². The fourth-order valence-corrected chi connectivity index (χ4v) is 2.18. The van der Waals surface area contributed by atoms with E-state index in [9.17, 15) is 0 Å². The van der Waals surface area contributed by atoms with E-state index in [1.807, 2.05) is 27.0 Å². The maximum atomic E-state index is 6.07. The zero-order chi connectivity index (χ0) is 14.2. The molecule has 5 nitrogen and oxygen atoms in total. The third kappa shape index (κ3) is 2.01. The van der Waals surface area contributed by atoms with Crippen LogP contribution in [0.4, 0.5) is 5.82 Å². The van der Waals surface area contributed by atoms with Gasteiger partial charge in [0.15, 0.2) is 11.5 Å². The van der Waals surface area contributed by atoms with Crippen LogP contribution in [0.1, 0.15) is 11.1 Å². The highest BCUT2D eigenvalue weighted by Gasteiger charge is 2.20. The monoisotopic (exact) mass is 261 g/mol. The molecule has 5 heteroatoms. The molecule has 0 saturated heterocycles. The Bertz CT molecular complexity index is 618. The predicted molar refractivity (Wildman–Crippen MR) is 75.6 cm³/mol. The quantitative estimate of drug-likeness (QED) is 0.921. The highest BCUT2D eigenvalue weighted by molar-refractivity contribution is 5.83. The number of rotatable bonds is 3. The van der Waals surface area contributed by atoms with Crippen LogP contribution in [-0.2, 0) is 7.05 Å². The van der Waals surface area contributed by atoms with Gasteiger partial charge in [-0.25, -0.2) is 0 Å². The number of nitrogens with two attached hydrogens (primary N) is 1. The Kier molecular flexibility index (Phi) is 3.38. The number of hydrogen-bond donors (Lipinski definition) is 1. The molecule has 1 aromatic heterocycles. The molecule has 1 heterocycles. The summed E-state index contributed by atoms with van der Waals surface area (Å²) in [4.78, 5) is 0. The lowest BCUT2D eigenvalue weighted by atomic mass is 9.96. The second kappa shape index (κ2) is 4.84. The average molecular weight is 261 g/mol. The van der Waals surface area contributed by atoms with Crippen molar-refractivity contribution in [2.24, 2.45) is 7.05 Å². The SMILES string of the molecule is COc1cc(C)c(C)c(-c2cnn(C)c2N)c1OC. The molecule has 0 fully saturated rings. The molecule has 1 aromatic carbocycles. The minimum absolute atomic E-state index is 0.606. The summed E-state index contributed by atoms with van der Waals surface area (Å²) in [5.41, 5.74) is 10.1. The molecular weight excluding hydrogens is 242 g/mol. The van der Waals surface area contributed by atoms with Gasteiger partial charge in [0.25, 0.3) is 0 Å². The molecule has 2 aromatic rings. The van der Waals surface area contributed by atoms with Gasteiger partial charge in [0.05, 0.1) is 20.4 Å². The normalized spacial score (nSPS) is 10.6. The summed E-state index contributed by atoms with van der Waals surface area (Å²) < 4.78 is 12.5. The second-order valence-electron chi connectivity index (χ2n) is 4.50. The first-order chi connectivity index (χ1) is 9.01. The van der Waals surface area contributed by atoms with Crippen LogP contribution in [-0.4, -0.2) is 24.0 Å². The number of hydrogen-bond acceptors (Lipinski definition) is 4. The van der Waals surface area contributed by atoms with Gasteiger partial charge in [-0.05, 0) is 31.0 Å². The maximum absolute atomic E-state index is 6.07. The molecule has 0 aliphatic carbocycles. The van der Waals surface area contributed by atoms with E-state index in [-0.39, 0.29) is 0 Å². The summed E-state index contributed by atoms with van der Waals surface area (Å²) in [7, 11) is 5.07. The van der Waals surface area contributed by atoms with Crippen LogP contribution in [0.5, 0.6) is 11.5 Å². The Morgan fingerprint density at radius 2 is 1.89 bits per heavy atom. The van der Waals surface area contributed by atoms with Crippen LogP contribution in [0.15, 0.2) is 12.3 Å². The molecular formula is C14H19N3O2. The molecule has 0 aliphatic rings. The Morgan fingerprint density at radius 1 is 1.21 bits per heavy atom. The lowest BCUT2D eigenvalue weighted by Gasteiger charge is -2.17. The summed E-state index contributed by atoms with van der Waals surface area (Å²) in [6.07, 6.45) is 1.75. The number of aromatic nitrogens is 2. The molecule has 0 spiro atoms. The first-order valence-corrected chi connectivity index (χ1v) is 6.01. The molecule has 19 heavy (non-hydrogen) atoms. The highest BCUT2D eigenvalue weighted by atomic mass is 16.5. The molecule has 0 bridgehead atoms. The molecule has 0 unspecified atom stereocenters. The van der Waals surface area contributed by atoms with E-state index in [0.717, 1.165) is 22.3 Å². The minimum Gasteiger partial charge on any atom is -0.493 e. The number of nitrogen functional groups attached to an aromatic ring is 1. The largest absolute Gasteiger partial charge is 0.493 e. The Hall–Kier alpha value is -2.17. The number of nitrogens with zero attached hydrogens (tertiary/aromatic N) is 2. The van der Waals surface area contributed by atoms with Gasteiger partial charge in [0.1, 0.15) is 5.82 Å². The molecule has 0 amide bonds. The van der Waals surface area contributed by atoms with Gasteiger partial charge in [-0.2, -0.15) is 5.10 Å². The van der Waals surface area contributed by atoms with E-state index in [1.54, 1.807) is 25.1 Å². The van der Waals surface area contributed by atoms with Crippen LogP contribution < -0.4 is 15.2 Å². The van der Waals surface area contributed by atoms with Crippen molar-refractivity contribution in [3.05, 3.63) is 23.4 Å². The fourth-order valence-electron chi connectivity index (χ4n) is 2.18. The second-order valence-corrected chi connectivity index (χ2v) is 4.50. The predicted octanol–water partition coefficient (Wildman–Crippen LogP) is 2.30. The first-order valence-electron chi connectivity index (χ1n) is 6.01. The van der Waals surface area contributed by atoms with Crippen molar-refractivity contribution >= 4 is 5.82 Å². The zero-order valence-electron chi connectivity index (χ0n) is 11.9. The van der Waals surface area contributed by atoms with Crippen LogP contribution >= 0.6 is 0 Å². The smallest absolute Gasteiger partial charge is 0.169 e. The fraction of sp³-hybridized carbons (Fsp3) is 0.357. The van der Waals surface area contributed by atoms with Crippen molar-refractivity contribution in [2.45, 2.75) is 13.8 Å². The van der Waals surface area contributed by atoms with Gasteiger partial charge in [0.2, 0.25) is 0 Å². The summed E-state index contributed by atoms with van der Waals surface area (Å²) in [6, 6.07) is 1.96. The van der Waals surface area contributed by atoms with Crippen LogP contribution in [0.3, 0.4) is 0 Å². The van der Waals surface area contributed by atoms with E-state index in [0.29, 0.717) is 17.3 Å². The Labute approximate surface area is 112 Å². The maximum Gasteiger partial charge on any atom is 0.169 e. The van der Waals surface area contributed by atoms with Gasteiger partial charge >= 0.3 is 0 Å². The molecule has 0 atom stereocenters. The molecule has 0 radical (unpaired) electrons. The van der Waals surface area contributed by atoms with Crippen molar-refractivity contribution in [2.75, 3.05) is 20.0 Å². The first kappa shape index (κ1) is 13.3. The van der Waals surface area contributed by atoms with Crippen molar-refractivity contribution in [1.29, 1.82) is 0 Å². The lowest BCUT2D eigenvalue weighted by Crippen LogP contribution is -2.01. The van der Waals surface area contributed by atoms with E-state index in [4.69, 9.17) is 15.2 Å². The van der Waals surface area contributed by atoms with Gasteiger partial charge < -0.3 is 15.2 Å². The highest BCUT2D eigenvalue weighted by Crippen LogP contribution is 2.43. The number of aryl methyl sites for hydroxylation is 2. The van der Waals surface area contributed by atoms with Crippen molar-refractivity contribution < 1.29 is 9.47 Å². The standard InChI is InChI=1S/C14H19N3O2/c1-8-6-11(18-4)13(19-5)12(9(8)2)10-7-16-17(3)14(10)15/h6-7H,15H2,1-5H3. The molecule has 102 valence electrons. The number of ether oxygens (including phenoxy) is 2. The third-order valence-electron chi connectivity index (χ3n) is 3.44. The number of anilines is 1. The number of benzene rings is 1. The van der Waals surface area contributed by atoms with E-state index < -0.39 is 0 Å². The van der Waals surface area contributed by atoms with E-state index in [1.165, 1.54) is 0 Å². The van der Waals surface area contributed by atoms with E-state index in [2.05, 4.69) is 5.10 Å². The van der Waals surface area contributed by atoms with E-state index >= 15 is 0 Å². The molecule has 2 N–H and O–H groups in total. The summed E-state index contributed by atoms with van der Waals surface area (Å²) in [5, 5.41) is 4.19. The van der Waals surface area contributed by atoms with Gasteiger partial charge in [0, 0.05) is 18.2 Å². The summed E-state index contributed by atoms with van der Waals surface area (Å²) >= 11 is 0. The number of methoxy groups -OCH3 is 2. The lowest BCUT2D eigenvalue weighted by molar-refractivity contribution is 0.355. The average Bonchev–Trinajstić information content (AvgIpc) is 2.72. The van der Waals surface area contributed by atoms with Crippen LogP contribution in [0.25, 0.3) is 11.1 Å². The zero-order valence-corrected chi connectivity index (χ0v) is 11.9. The van der Waals surface area contributed by atoms with Gasteiger partial charge in [-0.15, -0.1) is 0 Å². The third-order valence-corrected chi connectivity index (χ3v) is 3.44.